The minimum absolute atomic E-state index is 0.563. The van der Waals surface area contributed by atoms with Crippen LogP contribution in [-0.2, 0) is 0 Å². The number of para-hydroxylation sites is 2. The molecule has 62 heavy (non-hydrogen) atoms. The lowest BCUT2D eigenvalue weighted by Crippen LogP contribution is -2.02. The first-order valence-electron chi connectivity index (χ1n) is 20.7. The molecule has 12 rings (SSSR count). The Morgan fingerprint density at radius 1 is 0.371 bits per heavy atom. The Labute approximate surface area is 361 Å². The quantitative estimate of drug-likeness (QED) is 0.161. The number of rotatable bonds is 7. The maximum atomic E-state index is 5.30. The van der Waals surface area contributed by atoms with Gasteiger partial charge in [-0.25, -0.2) is 15.0 Å². The number of nitrogens with zero attached hydrogens (tertiary/aromatic N) is 5. The van der Waals surface area contributed by atoms with Crippen molar-refractivity contribution < 1.29 is 0 Å². The van der Waals surface area contributed by atoms with Crippen molar-refractivity contribution >= 4 is 53.3 Å². The van der Waals surface area contributed by atoms with Crippen LogP contribution >= 0.6 is 11.3 Å². The van der Waals surface area contributed by atoms with Gasteiger partial charge in [0.2, 0.25) is 0 Å². The SMILES string of the molecule is c1ccc(-c2cccc(-c3cnc(-c4ccc5c(c4)sc4c5ccc5c4c4ccccc4n5-c4ccccc4)c(-c4nc(-c5ccccc5)nc(-c5ccccc5)n4)c3)c2)cc1. The molecule has 290 valence electrons. The number of benzene rings is 8. The summed E-state index contributed by atoms with van der Waals surface area (Å²) in [6, 6.07) is 72.3. The monoisotopic (exact) mass is 809 g/mol. The van der Waals surface area contributed by atoms with Gasteiger partial charge in [-0.2, -0.15) is 0 Å². The highest BCUT2D eigenvalue weighted by atomic mass is 32.1. The standard InChI is InChI=1S/C56H35N5S/c1-5-16-36(17-6-1)39-22-15-23-40(32-39)42-33-47(56-59-54(37-18-7-2-8-19-37)58-55(60-56)38-20-9-3-10-21-38)52(57-35-42)41-28-29-44-45-30-31-49-51(53(45)62-50(44)34-41)46-26-13-14-27-48(46)61(49)43-24-11-4-12-25-43/h1-35H. The molecule has 4 aromatic heterocycles. The summed E-state index contributed by atoms with van der Waals surface area (Å²) in [6.45, 7) is 0. The summed E-state index contributed by atoms with van der Waals surface area (Å²) in [7, 11) is 0. The van der Waals surface area contributed by atoms with E-state index < -0.39 is 0 Å². The van der Waals surface area contributed by atoms with Gasteiger partial charge in [-0.1, -0.05) is 164 Å². The smallest absolute Gasteiger partial charge is 0.166 e. The zero-order valence-electron chi connectivity index (χ0n) is 33.4. The van der Waals surface area contributed by atoms with Crippen molar-refractivity contribution in [3.8, 4) is 73.4 Å². The lowest BCUT2D eigenvalue weighted by atomic mass is 9.97. The third-order valence-corrected chi connectivity index (χ3v) is 12.9. The Hall–Kier alpha value is -8.06. The fourth-order valence-corrected chi connectivity index (χ4v) is 10.0. The molecule has 0 amide bonds. The van der Waals surface area contributed by atoms with Crippen LogP contribution in [0.5, 0.6) is 0 Å². The largest absolute Gasteiger partial charge is 0.309 e. The van der Waals surface area contributed by atoms with Crippen LogP contribution in [0.3, 0.4) is 0 Å². The summed E-state index contributed by atoms with van der Waals surface area (Å²) in [6.07, 6.45) is 1.98. The van der Waals surface area contributed by atoms with Gasteiger partial charge in [0.25, 0.3) is 0 Å². The lowest BCUT2D eigenvalue weighted by molar-refractivity contribution is 1.07. The van der Waals surface area contributed by atoms with Crippen LogP contribution in [0.15, 0.2) is 212 Å². The lowest BCUT2D eigenvalue weighted by Gasteiger charge is -2.14. The molecular formula is C56H35N5S. The maximum absolute atomic E-state index is 5.30. The van der Waals surface area contributed by atoms with Crippen LogP contribution < -0.4 is 0 Å². The summed E-state index contributed by atoms with van der Waals surface area (Å²) in [5.41, 5.74) is 12.4. The number of hydrogen-bond donors (Lipinski definition) is 0. The second kappa shape index (κ2) is 14.9. The summed E-state index contributed by atoms with van der Waals surface area (Å²) in [5.74, 6) is 1.78. The van der Waals surface area contributed by atoms with Crippen molar-refractivity contribution in [2.24, 2.45) is 0 Å². The van der Waals surface area contributed by atoms with Crippen molar-refractivity contribution in [3.05, 3.63) is 212 Å². The summed E-state index contributed by atoms with van der Waals surface area (Å²) < 4.78 is 4.86. The highest BCUT2D eigenvalue weighted by molar-refractivity contribution is 7.26. The van der Waals surface area contributed by atoms with Crippen LogP contribution in [0.1, 0.15) is 0 Å². The van der Waals surface area contributed by atoms with Gasteiger partial charge in [0.05, 0.1) is 16.7 Å². The molecule has 5 nitrogen and oxygen atoms in total. The molecule has 0 atom stereocenters. The van der Waals surface area contributed by atoms with Crippen molar-refractivity contribution in [1.82, 2.24) is 24.5 Å². The van der Waals surface area contributed by atoms with Crippen LogP contribution in [0.25, 0.3) is 115 Å². The van der Waals surface area contributed by atoms with Gasteiger partial charge in [-0.05, 0) is 59.2 Å². The van der Waals surface area contributed by atoms with Crippen molar-refractivity contribution in [2.45, 2.75) is 0 Å². The van der Waals surface area contributed by atoms with Gasteiger partial charge in [-0.3, -0.25) is 4.98 Å². The summed E-state index contributed by atoms with van der Waals surface area (Å²) in [5, 5.41) is 5.00. The first-order valence-corrected chi connectivity index (χ1v) is 21.5. The first kappa shape index (κ1) is 35.8. The molecular weight excluding hydrogens is 775 g/mol. The number of thiophene rings is 1. The first-order chi connectivity index (χ1) is 30.7. The molecule has 12 aromatic rings. The van der Waals surface area contributed by atoms with Crippen molar-refractivity contribution in [2.75, 3.05) is 0 Å². The molecule has 4 heterocycles. The second-order valence-electron chi connectivity index (χ2n) is 15.4. The van der Waals surface area contributed by atoms with E-state index >= 15 is 0 Å². The third-order valence-electron chi connectivity index (χ3n) is 11.7. The summed E-state index contributed by atoms with van der Waals surface area (Å²) >= 11 is 1.84. The van der Waals surface area contributed by atoms with E-state index in [0.717, 1.165) is 55.9 Å². The van der Waals surface area contributed by atoms with E-state index in [-0.39, 0.29) is 0 Å². The number of pyridine rings is 1. The van der Waals surface area contributed by atoms with Crippen LogP contribution in [0.2, 0.25) is 0 Å². The number of hydrogen-bond acceptors (Lipinski definition) is 5. The fourth-order valence-electron chi connectivity index (χ4n) is 8.75. The number of aromatic nitrogens is 5. The molecule has 0 aliphatic rings. The molecule has 0 fully saturated rings. The molecule has 6 heteroatoms. The Kier molecular flexibility index (Phi) is 8.61. The molecule has 0 N–H and O–H groups in total. The highest BCUT2D eigenvalue weighted by Gasteiger charge is 2.21. The van der Waals surface area contributed by atoms with E-state index in [1.807, 2.05) is 84.3 Å². The van der Waals surface area contributed by atoms with E-state index in [0.29, 0.717) is 17.5 Å². The van der Waals surface area contributed by atoms with Gasteiger partial charge in [0.15, 0.2) is 17.5 Å². The Morgan fingerprint density at radius 3 is 1.66 bits per heavy atom. The average Bonchev–Trinajstić information content (AvgIpc) is 3.90. The zero-order valence-corrected chi connectivity index (χ0v) is 34.2. The normalized spacial score (nSPS) is 11.5. The molecule has 0 spiro atoms. The van der Waals surface area contributed by atoms with Gasteiger partial charge in [0.1, 0.15) is 0 Å². The predicted octanol–water partition coefficient (Wildman–Crippen LogP) is 14.7. The van der Waals surface area contributed by atoms with Gasteiger partial charge in [0, 0.05) is 70.6 Å². The minimum Gasteiger partial charge on any atom is -0.309 e. The summed E-state index contributed by atoms with van der Waals surface area (Å²) in [4.78, 5) is 20.7. The Balaban J connectivity index is 1.07. The average molecular weight is 810 g/mol. The van der Waals surface area contributed by atoms with Crippen LogP contribution in [0.4, 0.5) is 0 Å². The third kappa shape index (κ3) is 6.16. The van der Waals surface area contributed by atoms with Gasteiger partial charge in [-0.15, -0.1) is 11.3 Å². The van der Waals surface area contributed by atoms with E-state index in [9.17, 15) is 0 Å². The molecule has 0 aliphatic heterocycles. The fraction of sp³-hybridized carbons (Fsp3) is 0. The van der Waals surface area contributed by atoms with Crippen LogP contribution in [-0.4, -0.2) is 24.5 Å². The molecule has 0 radical (unpaired) electrons. The van der Waals surface area contributed by atoms with Crippen molar-refractivity contribution in [1.29, 1.82) is 0 Å². The Bertz CT molecular complexity index is 3560. The predicted molar refractivity (Wildman–Crippen MR) is 257 cm³/mol. The Morgan fingerprint density at radius 2 is 0.952 bits per heavy atom. The molecule has 8 aromatic carbocycles. The second-order valence-corrected chi connectivity index (χ2v) is 16.5. The molecule has 0 aliphatic carbocycles. The van der Waals surface area contributed by atoms with Gasteiger partial charge < -0.3 is 4.57 Å². The zero-order chi connectivity index (χ0) is 41.0. The topological polar surface area (TPSA) is 56.5 Å². The molecule has 0 bridgehead atoms. The van der Waals surface area contributed by atoms with E-state index in [2.05, 4.69) is 144 Å². The van der Waals surface area contributed by atoms with Gasteiger partial charge >= 0.3 is 0 Å². The van der Waals surface area contributed by atoms with E-state index in [1.54, 1.807) is 0 Å². The molecule has 0 saturated carbocycles. The maximum Gasteiger partial charge on any atom is 0.166 e. The van der Waals surface area contributed by atoms with Crippen LogP contribution in [0, 0.1) is 0 Å². The minimum atomic E-state index is 0.563. The van der Waals surface area contributed by atoms with Crippen molar-refractivity contribution in [3.63, 3.8) is 0 Å². The molecule has 0 unspecified atom stereocenters. The molecule has 0 saturated heterocycles. The number of fused-ring (bicyclic) bond motifs is 7. The van der Waals surface area contributed by atoms with E-state index in [1.165, 1.54) is 42.0 Å². The highest BCUT2D eigenvalue weighted by Crippen LogP contribution is 2.45. The van der Waals surface area contributed by atoms with E-state index in [4.69, 9.17) is 19.9 Å².